The summed E-state index contributed by atoms with van der Waals surface area (Å²) >= 11 is 1.49. The molecule has 0 amide bonds. The summed E-state index contributed by atoms with van der Waals surface area (Å²) in [5.74, 6) is 1.26. The molecule has 100 valence electrons. The minimum absolute atomic E-state index is 0.227. The van der Waals surface area contributed by atoms with Gasteiger partial charge in [-0.15, -0.1) is 0 Å². The van der Waals surface area contributed by atoms with Crippen LogP contribution >= 0.6 is 11.8 Å². The summed E-state index contributed by atoms with van der Waals surface area (Å²) in [6.45, 7) is 2.14. The Bertz CT molecular complexity index is 530. The molecule has 0 aliphatic rings. The van der Waals surface area contributed by atoms with E-state index in [9.17, 15) is 0 Å². The van der Waals surface area contributed by atoms with Crippen LogP contribution < -0.4 is 11.1 Å². The SMILES string of the molecule is CCC(Nc1cc(N)nc(SC)n1)c1ccccc1. The first kappa shape index (κ1) is 13.7. The third-order valence-electron chi connectivity index (χ3n) is 2.84. The van der Waals surface area contributed by atoms with E-state index in [1.54, 1.807) is 6.07 Å². The van der Waals surface area contributed by atoms with Gasteiger partial charge in [-0.2, -0.15) is 0 Å². The monoisotopic (exact) mass is 274 g/mol. The number of nitrogen functional groups attached to an aromatic ring is 1. The van der Waals surface area contributed by atoms with Crippen molar-refractivity contribution in [3.8, 4) is 0 Å². The van der Waals surface area contributed by atoms with Crippen LogP contribution in [0, 0.1) is 0 Å². The maximum atomic E-state index is 5.79. The van der Waals surface area contributed by atoms with Gasteiger partial charge >= 0.3 is 0 Å². The van der Waals surface area contributed by atoms with Gasteiger partial charge in [-0.05, 0) is 18.2 Å². The van der Waals surface area contributed by atoms with Crippen LogP contribution in [0.3, 0.4) is 0 Å². The number of nitrogens with zero attached hydrogens (tertiary/aromatic N) is 2. The van der Waals surface area contributed by atoms with Crippen molar-refractivity contribution >= 4 is 23.4 Å². The van der Waals surface area contributed by atoms with Crippen molar-refractivity contribution in [2.75, 3.05) is 17.3 Å². The van der Waals surface area contributed by atoms with Crippen molar-refractivity contribution in [1.82, 2.24) is 9.97 Å². The van der Waals surface area contributed by atoms with Crippen LogP contribution in [0.4, 0.5) is 11.6 Å². The lowest BCUT2D eigenvalue weighted by Gasteiger charge is -2.18. The van der Waals surface area contributed by atoms with Gasteiger partial charge in [0.15, 0.2) is 5.16 Å². The highest BCUT2D eigenvalue weighted by Gasteiger charge is 2.10. The zero-order valence-electron chi connectivity index (χ0n) is 11.1. The van der Waals surface area contributed by atoms with Crippen LogP contribution in [0.2, 0.25) is 0 Å². The fraction of sp³-hybridized carbons (Fsp3) is 0.286. The highest BCUT2D eigenvalue weighted by Crippen LogP contribution is 2.23. The molecule has 2 aromatic rings. The van der Waals surface area contributed by atoms with E-state index >= 15 is 0 Å². The highest BCUT2D eigenvalue weighted by molar-refractivity contribution is 7.98. The van der Waals surface area contributed by atoms with Crippen molar-refractivity contribution in [1.29, 1.82) is 0 Å². The average molecular weight is 274 g/mol. The van der Waals surface area contributed by atoms with E-state index < -0.39 is 0 Å². The third kappa shape index (κ3) is 3.61. The van der Waals surface area contributed by atoms with Crippen LogP contribution in [0.1, 0.15) is 24.9 Å². The zero-order chi connectivity index (χ0) is 13.7. The zero-order valence-corrected chi connectivity index (χ0v) is 11.9. The molecule has 19 heavy (non-hydrogen) atoms. The molecule has 1 atom stereocenters. The second kappa shape index (κ2) is 6.43. The predicted octanol–water partition coefficient (Wildman–Crippen LogP) is 3.34. The maximum Gasteiger partial charge on any atom is 0.191 e. The summed E-state index contributed by atoms with van der Waals surface area (Å²) in [4.78, 5) is 8.57. The van der Waals surface area contributed by atoms with Crippen molar-refractivity contribution in [2.24, 2.45) is 0 Å². The van der Waals surface area contributed by atoms with Crippen LogP contribution in [-0.4, -0.2) is 16.2 Å². The minimum Gasteiger partial charge on any atom is -0.383 e. The van der Waals surface area contributed by atoms with Crippen LogP contribution in [0.5, 0.6) is 0 Å². The van der Waals surface area contributed by atoms with E-state index in [1.165, 1.54) is 17.3 Å². The van der Waals surface area contributed by atoms with E-state index in [4.69, 9.17) is 5.73 Å². The predicted molar refractivity (Wildman–Crippen MR) is 81.3 cm³/mol. The average Bonchev–Trinajstić information content (AvgIpc) is 2.45. The maximum absolute atomic E-state index is 5.79. The Kier molecular flexibility index (Phi) is 4.63. The van der Waals surface area contributed by atoms with Gasteiger partial charge in [-0.1, -0.05) is 49.0 Å². The standard InChI is InChI=1S/C14H18N4S/c1-3-11(10-7-5-4-6-8-10)16-13-9-12(15)17-14(18-13)19-2/h4-9,11H,3H2,1-2H3,(H3,15,16,17,18). The lowest BCUT2D eigenvalue weighted by Crippen LogP contribution is -2.11. The molecule has 0 bridgehead atoms. The Morgan fingerprint density at radius 1 is 1.26 bits per heavy atom. The quantitative estimate of drug-likeness (QED) is 0.646. The molecule has 1 heterocycles. The first-order valence-corrected chi connectivity index (χ1v) is 7.45. The number of thioether (sulfide) groups is 1. The molecular formula is C14H18N4S. The number of benzene rings is 1. The summed E-state index contributed by atoms with van der Waals surface area (Å²) in [6.07, 6.45) is 2.91. The Balaban J connectivity index is 2.21. The molecule has 2 rings (SSSR count). The van der Waals surface area contributed by atoms with E-state index in [-0.39, 0.29) is 6.04 Å². The van der Waals surface area contributed by atoms with Gasteiger partial charge < -0.3 is 11.1 Å². The first-order chi connectivity index (χ1) is 9.22. The molecule has 0 aliphatic carbocycles. The van der Waals surface area contributed by atoms with Crippen molar-refractivity contribution in [3.05, 3.63) is 42.0 Å². The Morgan fingerprint density at radius 3 is 2.63 bits per heavy atom. The van der Waals surface area contributed by atoms with Crippen molar-refractivity contribution < 1.29 is 0 Å². The number of nitrogens with two attached hydrogens (primary N) is 1. The lowest BCUT2D eigenvalue weighted by molar-refractivity contribution is 0.740. The van der Waals surface area contributed by atoms with E-state index in [0.717, 1.165) is 12.2 Å². The van der Waals surface area contributed by atoms with Gasteiger partial charge in [0.25, 0.3) is 0 Å². The third-order valence-corrected chi connectivity index (χ3v) is 3.39. The number of hydrogen-bond acceptors (Lipinski definition) is 5. The molecule has 0 saturated heterocycles. The first-order valence-electron chi connectivity index (χ1n) is 6.23. The van der Waals surface area contributed by atoms with Gasteiger partial charge in [0.1, 0.15) is 11.6 Å². The number of nitrogens with one attached hydrogen (secondary N) is 1. The molecule has 1 unspecified atom stereocenters. The van der Waals surface area contributed by atoms with E-state index in [1.807, 2.05) is 24.5 Å². The summed E-state index contributed by atoms with van der Waals surface area (Å²) in [6, 6.07) is 12.3. The largest absolute Gasteiger partial charge is 0.383 e. The van der Waals surface area contributed by atoms with Crippen molar-refractivity contribution in [3.63, 3.8) is 0 Å². The molecular weight excluding hydrogens is 256 g/mol. The normalized spacial score (nSPS) is 12.1. The molecule has 3 N–H and O–H groups in total. The van der Waals surface area contributed by atoms with Crippen LogP contribution in [0.25, 0.3) is 0 Å². The molecule has 5 heteroatoms. The highest BCUT2D eigenvalue weighted by atomic mass is 32.2. The Labute approximate surface area is 117 Å². The van der Waals surface area contributed by atoms with Crippen LogP contribution in [0.15, 0.2) is 41.6 Å². The second-order valence-electron chi connectivity index (χ2n) is 4.18. The second-order valence-corrected chi connectivity index (χ2v) is 4.95. The summed E-state index contributed by atoms with van der Waals surface area (Å²) in [7, 11) is 0. The molecule has 4 nitrogen and oxygen atoms in total. The van der Waals surface area contributed by atoms with Crippen molar-refractivity contribution in [2.45, 2.75) is 24.5 Å². The van der Waals surface area contributed by atoms with Gasteiger partial charge in [0.2, 0.25) is 0 Å². The topological polar surface area (TPSA) is 63.8 Å². The smallest absolute Gasteiger partial charge is 0.191 e. The fourth-order valence-corrected chi connectivity index (χ4v) is 2.28. The number of aromatic nitrogens is 2. The van der Waals surface area contributed by atoms with Gasteiger partial charge in [0.05, 0.1) is 6.04 Å². The number of rotatable bonds is 5. The minimum atomic E-state index is 0.227. The lowest BCUT2D eigenvalue weighted by atomic mass is 10.0. The number of hydrogen-bond donors (Lipinski definition) is 2. The van der Waals surface area contributed by atoms with Crippen LogP contribution in [-0.2, 0) is 0 Å². The molecule has 0 fully saturated rings. The Hall–Kier alpha value is -1.75. The molecule has 0 aliphatic heterocycles. The summed E-state index contributed by atoms with van der Waals surface area (Å²) in [5, 5.41) is 4.10. The molecule has 1 aromatic carbocycles. The van der Waals surface area contributed by atoms with E-state index in [0.29, 0.717) is 11.0 Å². The van der Waals surface area contributed by atoms with Gasteiger partial charge in [-0.25, -0.2) is 9.97 Å². The van der Waals surface area contributed by atoms with E-state index in [2.05, 4.69) is 34.3 Å². The number of anilines is 2. The van der Waals surface area contributed by atoms with Gasteiger partial charge in [-0.3, -0.25) is 0 Å². The molecule has 0 radical (unpaired) electrons. The fourth-order valence-electron chi connectivity index (χ4n) is 1.89. The molecule has 0 spiro atoms. The summed E-state index contributed by atoms with van der Waals surface area (Å²) in [5.41, 5.74) is 7.03. The molecule has 1 aromatic heterocycles. The Morgan fingerprint density at radius 2 is 2.00 bits per heavy atom. The summed E-state index contributed by atoms with van der Waals surface area (Å²) < 4.78 is 0. The molecule has 0 saturated carbocycles. The van der Waals surface area contributed by atoms with Gasteiger partial charge in [0, 0.05) is 6.07 Å².